The van der Waals surface area contributed by atoms with Crippen molar-refractivity contribution in [2.45, 2.75) is 39.7 Å². The van der Waals surface area contributed by atoms with E-state index in [1.807, 2.05) is 12.1 Å². The van der Waals surface area contributed by atoms with Crippen LogP contribution in [0, 0.1) is 5.92 Å². The van der Waals surface area contributed by atoms with E-state index < -0.39 is 0 Å². The zero-order valence-corrected chi connectivity index (χ0v) is 16.7. The highest BCUT2D eigenvalue weighted by atomic mass is 127. The van der Waals surface area contributed by atoms with Gasteiger partial charge in [-0.2, -0.15) is 0 Å². The van der Waals surface area contributed by atoms with Crippen molar-refractivity contribution in [2.24, 2.45) is 10.9 Å². The molecule has 0 atom stereocenters. The van der Waals surface area contributed by atoms with Crippen molar-refractivity contribution in [3.63, 3.8) is 0 Å². The third-order valence-electron chi connectivity index (χ3n) is 4.32. The highest BCUT2D eigenvalue weighted by Gasteiger charge is 2.17. The third kappa shape index (κ3) is 7.56. The second-order valence-electron chi connectivity index (χ2n) is 5.87. The van der Waals surface area contributed by atoms with E-state index in [1.54, 1.807) is 6.26 Å². The Morgan fingerprint density at radius 1 is 1.30 bits per heavy atom. The Balaban J connectivity index is 0.00000264. The lowest BCUT2D eigenvalue weighted by Crippen LogP contribution is -2.39. The lowest BCUT2D eigenvalue weighted by atomic mass is 9.93. The number of rotatable bonds is 7. The van der Waals surface area contributed by atoms with Crippen LogP contribution < -0.4 is 10.6 Å². The Kier molecular flexibility index (Phi) is 10.3. The van der Waals surface area contributed by atoms with E-state index in [4.69, 9.17) is 4.42 Å². The largest absolute Gasteiger partial charge is 0.467 e. The van der Waals surface area contributed by atoms with Crippen LogP contribution in [0.3, 0.4) is 0 Å². The normalized spacial score (nSPS) is 16.9. The molecule has 0 radical (unpaired) electrons. The van der Waals surface area contributed by atoms with Crippen LogP contribution in [-0.4, -0.2) is 43.6 Å². The standard InChI is InChI=1S/C17H30N4O.HI/c1-3-18-17(20-14-16-6-5-13-22-16)19-10-7-15-8-11-21(4-2)12-9-15;/h5-6,13,15H,3-4,7-12,14H2,1-2H3,(H2,18,19,20);1H. The number of aliphatic imine (C=N–C) groups is 1. The summed E-state index contributed by atoms with van der Waals surface area (Å²) in [7, 11) is 0. The van der Waals surface area contributed by atoms with Gasteiger partial charge in [-0.25, -0.2) is 4.99 Å². The number of guanidine groups is 1. The maximum atomic E-state index is 5.32. The number of likely N-dealkylation sites (tertiary alicyclic amines) is 1. The fourth-order valence-electron chi connectivity index (χ4n) is 2.89. The zero-order valence-electron chi connectivity index (χ0n) is 14.4. The fraction of sp³-hybridized carbons (Fsp3) is 0.706. The van der Waals surface area contributed by atoms with Gasteiger partial charge in [0.15, 0.2) is 5.96 Å². The molecule has 0 bridgehead atoms. The van der Waals surface area contributed by atoms with Gasteiger partial charge in [0.25, 0.3) is 0 Å². The number of hydrogen-bond donors (Lipinski definition) is 2. The van der Waals surface area contributed by atoms with Crippen LogP contribution in [-0.2, 0) is 6.54 Å². The average Bonchev–Trinajstić information content (AvgIpc) is 3.06. The van der Waals surface area contributed by atoms with Crippen molar-refractivity contribution in [1.82, 2.24) is 15.5 Å². The van der Waals surface area contributed by atoms with Gasteiger partial charge in [-0.3, -0.25) is 0 Å². The Labute approximate surface area is 157 Å². The second-order valence-corrected chi connectivity index (χ2v) is 5.87. The van der Waals surface area contributed by atoms with E-state index in [9.17, 15) is 0 Å². The lowest BCUT2D eigenvalue weighted by Gasteiger charge is -2.31. The molecule has 0 spiro atoms. The Morgan fingerprint density at radius 2 is 2.09 bits per heavy atom. The van der Waals surface area contributed by atoms with Gasteiger partial charge in [0.05, 0.1) is 6.26 Å². The highest BCUT2D eigenvalue weighted by molar-refractivity contribution is 14.0. The third-order valence-corrected chi connectivity index (χ3v) is 4.32. The lowest BCUT2D eigenvalue weighted by molar-refractivity contribution is 0.187. The van der Waals surface area contributed by atoms with Gasteiger partial charge in [0.2, 0.25) is 0 Å². The number of furan rings is 1. The van der Waals surface area contributed by atoms with Crippen LogP contribution in [0.4, 0.5) is 0 Å². The van der Waals surface area contributed by atoms with Gasteiger partial charge < -0.3 is 20.0 Å². The summed E-state index contributed by atoms with van der Waals surface area (Å²) < 4.78 is 5.32. The van der Waals surface area contributed by atoms with Gasteiger partial charge in [0, 0.05) is 13.1 Å². The maximum Gasteiger partial charge on any atom is 0.191 e. The molecular weight excluding hydrogens is 403 g/mol. The van der Waals surface area contributed by atoms with Crippen molar-refractivity contribution in [1.29, 1.82) is 0 Å². The van der Waals surface area contributed by atoms with Crippen molar-refractivity contribution >= 4 is 29.9 Å². The monoisotopic (exact) mass is 434 g/mol. The number of halogens is 1. The Hall–Kier alpha value is -0.760. The minimum Gasteiger partial charge on any atom is -0.467 e. The molecule has 2 N–H and O–H groups in total. The molecule has 132 valence electrons. The van der Waals surface area contributed by atoms with Crippen molar-refractivity contribution in [3.8, 4) is 0 Å². The Morgan fingerprint density at radius 3 is 2.70 bits per heavy atom. The molecule has 0 aliphatic carbocycles. The minimum atomic E-state index is 0. The number of hydrogen-bond acceptors (Lipinski definition) is 3. The molecule has 23 heavy (non-hydrogen) atoms. The highest BCUT2D eigenvalue weighted by Crippen LogP contribution is 2.19. The van der Waals surface area contributed by atoms with Crippen molar-refractivity contribution < 1.29 is 4.42 Å². The molecule has 1 fully saturated rings. The maximum absolute atomic E-state index is 5.32. The van der Waals surface area contributed by atoms with Crippen LogP contribution in [0.1, 0.15) is 38.9 Å². The quantitative estimate of drug-likeness (QED) is 0.394. The topological polar surface area (TPSA) is 52.8 Å². The second kappa shape index (κ2) is 11.7. The molecule has 6 heteroatoms. The summed E-state index contributed by atoms with van der Waals surface area (Å²) in [6, 6.07) is 3.85. The summed E-state index contributed by atoms with van der Waals surface area (Å²) in [6.07, 6.45) is 5.57. The number of piperidine rings is 1. The van der Waals surface area contributed by atoms with Gasteiger partial charge >= 0.3 is 0 Å². The van der Waals surface area contributed by atoms with E-state index in [2.05, 4.69) is 34.4 Å². The van der Waals surface area contributed by atoms with E-state index in [1.165, 1.54) is 38.9 Å². The molecule has 5 nitrogen and oxygen atoms in total. The van der Waals surface area contributed by atoms with Crippen molar-refractivity contribution in [2.75, 3.05) is 32.7 Å². The first-order chi connectivity index (χ1) is 10.8. The molecule has 0 aromatic carbocycles. The van der Waals surface area contributed by atoms with Gasteiger partial charge in [-0.1, -0.05) is 6.92 Å². The summed E-state index contributed by atoms with van der Waals surface area (Å²) >= 11 is 0. The van der Waals surface area contributed by atoms with Gasteiger partial charge in [0.1, 0.15) is 12.3 Å². The summed E-state index contributed by atoms with van der Waals surface area (Å²) in [4.78, 5) is 7.10. The molecule has 2 rings (SSSR count). The van der Waals surface area contributed by atoms with Crippen LogP contribution in [0.15, 0.2) is 27.8 Å². The first kappa shape index (κ1) is 20.3. The molecule has 0 amide bonds. The van der Waals surface area contributed by atoms with Crippen LogP contribution >= 0.6 is 24.0 Å². The van der Waals surface area contributed by atoms with E-state index in [0.29, 0.717) is 6.54 Å². The van der Waals surface area contributed by atoms with E-state index >= 15 is 0 Å². The van der Waals surface area contributed by atoms with Crippen LogP contribution in [0.2, 0.25) is 0 Å². The first-order valence-corrected chi connectivity index (χ1v) is 8.58. The number of nitrogens with zero attached hydrogens (tertiary/aromatic N) is 2. The Bertz CT molecular complexity index is 428. The van der Waals surface area contributed by atoms with Crippen molar-refractivity contribution in [3.05, 3.63) is 24.2 Å². The van der Waals surface area contributed by atoms with E-state index in [-0.39, 0.29) is 24.0 Å². The van der Waals surface area contributed by atoms with Crippen LogP contribution in [0.5, 0.6) is 0 Å². The molecule has 2 heterocycles. The van der Waals surface area contributed by atoms with Crippen LogP contribution in [0.25, 0.3) is 0 Å². The van der Waals surface area contributed by atoms with E-state index in [0.717, 1.165) is 30.7 Å². The summed E-state index contributed by atoms with van der Waals surface area (Å²) in [6.45, 7) is 10.5. The molecule has 1 aliphatic rings. The molecular formula is C17H31IN4O. The number of nitrogens with one attached hydrogen (secondary N) is 2. The molecule has 0 saturated carbocycles. The minimum absolute atomic E-state index is 0. The predicted octanol–water partition coefficient (Wildman–Crippen LogP) is 3.07. The summed E-state index contributed by atoms with van der Waals surface area (Å²) in [5.74, 6) is 2.62. The summed E-state index contributed by atoms with van der Waals surface area (Å²) in [5, 5.41) is 6.73. The smallest absolute Gasteiger partial charge is 0.191 e. The average molecular weight is 434 g/mol. The van der Waals surface area contributed by atoms with Gasteiger partial charge in [-0.05, 0) is 63.9 Å². The molecule has 1 aliphatic heterocycles. The molecule has 1 aromatic rings. The fourth-order valence-corrected chi connectivity index (χ4v) is 2.89. The molecule has 1 aromatic heterocycles. The first-order valence-electron chi connectivity index (χ1n) is 8.58. The molecule has 1 saturated heterocycles. The summed E-state index contributed by atoms with van der Waals surface area (Å²) in [5.41, 5.74) is 0. The SMILES string of the molecule is CCNC(=NCc1ccco1)NCCC1CCN(CC)CC1.I. The van der Waals surface area contributed by atoms with Gasteiger partial charge in [-0.15, -0.1) is 24.0 Å². The molecule has 0 unspecified atom stereocenters. The predicted molar refractivity (Wildman–Crippen MR) is 106 cm³/mol. The zero-order chi connectivity index (χ0) is 15.6.